The third kappa shape index (κ3) is 3.02. The fourth-order valence-electron chi connectivity index (χ4n) is 1.11. The number of rotatable bonds is 3. The quantitative estimate of drug-likeness (QED) is 0.610. The molecule has 80 valence electrons. The number of aromatic hydroxyl groups is 1. The van der Waals surface area contributed by atoms with Gasteiger partial charge in [-0.1, -0.05) is 12.2 Å². The minimum Gasteiger partial charge on any atom is -0.507 e. The maximum atomic E-state index is 11.2. The van der Waals surface area contributed by atoms with E-state index in [2.05, 4.69) is 17.4 Å². The molecule has 0 atom stereocenters. The number of esters is 1. The Morgan fingerprint density at radius 2 is 2.33 bits per heavy atom. The lowest BCUT2D eigenvalue weighted by Crippen LogP contribution is -2.00. The zero-order valence-electron chi connectivity index (χ0n) is 8.30. The van der Waals surface area contributed by atoms with Crippen molar-refractivity contribution in [2.45, 2.75) is 0 Å². The number of benzene rings is 1. The summed E-state index contributed by atoms with van der Waals surface area (Å²) in [6.07, 6.45) is 3.48. The van der Waals surface area contributed by atoms with Crippen molar-refractivity contribution in [3.05, 3.63) is 35.4 Å². The van der Waals surface area contributed by atoms with E-state index in [1.807, 2.05) is 0 Å². The van der Waals surface area contributed by atoms with Crippen LogP contribution in [0.25, 0.3) is 6.08 Å². The monoisotopic (exact) mass is 224 g/mol. The van der Waals surface area contributed by atoms with E-state index in [9.17, 15) is 9.90 Å². The molecule has 0 aliphatic heterocycles. The highest BCUT2D eigenvalue weighted by atomic mass is 32.1. The molecule has 0 radical (unpaired) electrons. The van der Waals surface area contributed by atoms with Gasteiger partial charge in [0.25, 0.3) is 0 Å². The second kappa shape index (κ2) is 5.46. The molecule has 3 nitrogen and oxygen atoms in total. The third-order valence-electron chi connectivity index (χ3n) is 1.85. The number of hydrogen-bond acceptors (Lipinski definition) is 4. The molecular formula is C11H12O3S. The number of phenols is 1. The van der Waals surface area contributed by atoms with Crippen molar-refractivity contribution in [2.24, 2.45) is 0 Å². The van der Waals surface area contributed by atoms with Gasteiger partial charge in [0, 0.05) is 11.3 Å². The molecule has 0 aromatic heterocycles. The first-order valence-corrected chi connectivity index (χ1v) is 5.01. The maximum Gasteiger partial charge on any atom is 0.337 e. The van der Waals surface area contributed by atoms with Gasteiger partial charge in [-0.2, -0.15) is 12.6 Å². The summed E-state index contributed by atoms with van der Waals surface area (Å²) in [4.78, 5) is 11.2. The Morgan fingerprint density at radius 1 is 1.60 bits per heavy atom. The molecule has 0 aliphatic carbocycles. The number of carbonyl (C=O) groups excluding carboxylic acids is 1. The average molecular weight is 224 g/mol. The Hall–Kier alpha value is -1.42. The van der Waals surface area contributed by atoms with Gasteiger partial charge in [0.2, 0.25) is 0 Å². The number of methoxy groups -OCH3 is 1. The summed E-state index contributed by atoms with van der Waals surface area (Å²) in [6.45, 7) is 0. The largest absolute Gasteiger partial charge is 0.507 e. The van der Waals surface area contributed by atoms with Gasteiger partial charge in [-0.3, -0.25) is 0 Å². The van der Waals surface area contributed by atoms with Crippen LogP contribution in [-0.4, -0.2) is 23.9 Å². The van der Waals surface area contributed by atoms with Crippen molar-refractivity contribution in [1.29, 1.82) is 0 Å². The predicted octanol–water partition coefficient (Wildman–Crippen LogP) is 2.12. The van der Waals surface area contributed by atoms with Gasteiger partial charge in [-0.05, 0) is 18.2 Å². The summed E-state index contributed by atoms with van der Waals surface area (Å²) in [6, 6.07) is 4.55. The third-order valence-corrected chi connectivity index (χ3v) is 2.06. The number of carbonyl (C=O) groups is 1. The van der Waals surface area contributed by atoms with Crippen LogP contribution in [0.2, 0.25) is 0 Å². The van der Waals surface area contributed by atoms with Crippen LogP contribution in [0.5, 0.6) is 5.75 Å². The van der Waals surface area contributed by atoms with Crippen molar-refractivity contribution in [2.75, 3.05) is 12.9 Å². The highest BCUT2D eigenvalue weighted by Gasteiger charge is 2.07. The van der Waals surface area contributed by atoms with Crippen LogP contribution in [-0.2, 0) is 4.74 Å². The molecule has 0 aliphatic rings. The van der Waals surface area contributed by atoms with Crippen LogP contribution in [0.15, 0.2) is 24.3 Å². The molecular weight excluding hydrogens is 212 g/mol. The van der Waals surface area contributed by atoms with Crippen molar-refractivity contribution in [1.82, 2.24) is 0 Å². The van der Waals surface area contributed by atoms with Gasteiger partial charge in [0.15, 0.2) is 0 Å². The first-order valence-electron chi connectivity index (χ1n) is 4.37. The van der Waals surface area contributed by atoms with Crippen LogP contribution in [0.1, 0.15) is 15.9 Å². The van der Waals surface area contributed by atoms with E-state index >= 15 is 0 Å². The minimum absolute atomic E-state index is 0.126. The SMILES string of the molecule is COC(=O)c1ccc(O)c(C=CCS)c1. The zero-order valence-corrected chi connectivity index (χ0v) is 9.20. The van der Waals surface area contributed by atoms with Crippen LogP contribution >= 0.6 is 12.6 Å². The molecule has 0 amide bonds. The summed E-state index contributed by atoms with van der Waals surface area (Å²) in [7, 11) is 1.32. The Morgan fingerprint density at radius 3 is 2.93 bits per heavy atom. The summed E-state index contributed by atoms with van der Waals surface area (Å²) < 4.78 is 4.58. The molecule has 1 aromatic rings. The maximum absolute atomic E-state index is 11.2. The van der Waals surface area contributed by atoms with Crippen LogP contribution in [0, 0.1) is 0 Å². The van der Waals surface area contributed by atoms with Gasteiger partial charge in [-0.15, -0.1) is 0 Å². The van der Waals surface area contributed by atoms with E-state index in [0.29, 0.717) is 16.9 Å². The average Bonchev–Trinajstić information content (AvgIpc) is 2.27. The Kier molecular flexibility index (Phi) is 4.24. The Balaban J connectivity index is 3.05. The van der Waals surface area contributed by atoms with Crippen molar-refractivity contribution >= 4 is 24.7 Å². The van der Waals surface area contributed by atoms with E-state index in [1.165, 1.54) is 19.2 Å². The fourth-order valence-corrected chi connectivity index (χ4v) is 1.22. The first-order chi connectivity index (χ1) is 7.19. The zero-order chi connectivity index (χ0) is 11.3. The summed E-state index contributed by atoms with van der Waals surface area (Å²) in [5.41, 5.74) is 0.987. The van der Waals surface area contributed by atoms with E-state index in [0.717, 1.165) is 0 Å². The lowest BCUT2D eigenvalue weighted by atomic mass is 10.1. The first kappa shape index (κ1) is 11.7. The molecule has 1 rings (SSSR count). The highest BCUT2D eigenvalue weighted by molar-refractivity contribution is 7.80. The van der Waals surface area contributed by atoms with Crippen LogP contribution in [0.3, 0.4) is 0 Å². The molecule has 0 spiro atoms. The standard InChI is InChI=1S/C11H12O3S/c1-14-11(13)9-4-5-10(12)8(7-9)3-2-6-15/h2-5,7,12,15H,6H2,1H3. The van der Waals surface area contributed by atoms with Gasteiger partial charge < -0.3 is 9.84 Å². The molecule has 0 saturated carbocycles. The molecule has 1 aromatic carbocycles. The molecule has 0 unspecified atom stereocenters. The molecule has 0 fully saturated rings. The molecule has 4 heteroatoms. The van der Waals surface area contributed by atoms with Gasteiger partial charge in [0.05, 0.1) is 12.7 Å². The number of hydrogen-bond donors (Lipinski definition) is 2. The number of phenolic OH excluding ortho intramolecular Hbond substituents is 1. The van der Waals surface area contributed by atoms with Crippen molar-refractivity contribution in [3.8, 4) is 5.75 Å². The molecule has 0 heterocycles. The molecule has 0 saturated heterocycles. The predicted molar refractivity (Wildman–Crippen MR) is 62.3 cm³/mol. The normalized spacial score (nSPS) is 10.5. The van der Waals surface area contributed by atoms with Gasteiger partial charge in [0.1, 0.15) is 5.75 Å². The van der Waals surface area contributed by atoms with Gasteiger partial charge >= 0.3 is 5.97 Å². The van der Waals surface area contributed by atoms with E-state index in [4.69, 9.17) is 0 Å². The van der Waals surface area contributed by atoms with Crippen molar-refractivity contribution < 1.29 is 14.6 Å². The van der Waals surface area contributed by atoms with Gasteiger partial charge in [-0.25, -0.2) is 4.79 Å². The lowest BCUT2D eigenvalue weighted by molar-refractivity contribution is 0.0600. The van der Waals surface area contributed by atoms with E-state index in [1.54, 1.807) is 18.2 Å². The highest BCUT2D eigenvalue weighted by Crippen LogP contribution is 2.20. The number of thiol groups is 1. The fraction of sp³-hybridized carbons (Fsp3) is 0.182. The van der Waals surface area contributed by atoms with Crippen molar-refractivity contribution in [3.63, 3.8) is 0 Å². The smallest absolute Gasteiger partial charge is 0.337 e. The Bertz CT molecular complexity index is 385. The summed E-state index contributed by atoms with van der Waals surface area (Å²) in [5.74, 6) is 0.276. The lowest BCUT2D eigenvalue weighted by Gasteiger charge is -2.02. The summed E-state index contributed by atoms with van der Waals surface area (Å²) >= 11 is 4.01. The number of ether oxygens (including phenoxy) is 1. The molecule has 0 bridgehead atoms. The van der Waals surface area contributed by atoms with E-state index < -0.39 is 5.97 Å². The van der Waals surface area contributed by atoms with Crippen LogP contribution < -0.4 is 0 Å². The Labute approximate surface area is 93.8 Å². The summed E-state index contributed by atoms with van der Waals surface area (Å²) in [5, 5.41) is 9.49. The minimum atomic E-state index is -0.421. The van der Waals surface area contributed by atoms with E-state index in [-0.39, 0.29) is 5.75 Å². The topological polar surface area (TPSA) is 46.5 Å². The van der Waals surface area contributed by atoms with Crippen LogP contribution in [0.4, 0.5) is 0 Å². The molecule has 1 N–H and O–H groups in total. The molecule has 15 heavy (non-hydrogen) atoms. The second-order valence-corrected chi connectivity index (χ2v) is 3.22. The second-order valence-electron chi connectivity index (χ2n) is 2.85.